The summed E-state index contributed by atoms with van der Waals surface area (Å²) in [6.07, 6.45) is 1.64. The number of hydrogen-bond acceptors (Lipinski definition) is 2. The quantitative estimate of drug-likeness (QED) is 0.764. The van der Waals surface area contributed by atoms with Crippen LogP contribution in [0.2, 0.25) is 0 Å². The Labute approximate surface area is 136 Å². The van der Waals surface area contributed by atoms with Crippen LogP contribution in [0.4, 0.5) is 0 Å². The van der Waals surface area contributed by atoms with Crippen LogP contribution in [0.5, 0.6) is 5.75 Å². The van der Waals surface area contributed by atoms with Crippen molar-refractivity contribution in [3.05, 3.63) is 60.7 Å². The second-order valence-corrected chi connectivity index (χ2v) is 5.65. The summed E-state index contributed by atoms with van der Waals surface area (Å²) in [6.45, 7) is 5.83. The van der Waals surface area contributed by atoms with Gasteiger partial charge in [-0.25, -0.2) is 0 Å². The molecule has 1 atom stereocenters. The Morgan fingerprint density at radius 3 is 2.61 bits per heavy atom. The van der Waals surface area contributed by atoms with Crippen LogP contribution in [0.15, 0.2) is 55.1 Å². The first-order valence-electron chi connectivity index (χ1n) is 7.74. The average molecular weight is 307 g/mol. The van der Waals surface area contributed by atoms with E-state index in [9.17, 15) is 5.11 Å². The fourth-order valence-corrected chi connectivity index (χ4v) is 2.97. The van der Waals surface area contributed by atoms with Crippen molar-refractivity contribution >= 4 is 17.0 Å². The number of benzene rings is 2. The van der Waals surface area contributed by atoms with Crippen LogP contribution < -0.4 is 4.74 Å². The van der Waals surface area contributed by atoms with E-state index >= 15 is 0 Å². The minimum atomic E-state index is -0.252. The van der Waals surface area contributed by atoms with Gasteiger partial charge in [-0.2, -0.15) is 0 Å². The molecule has 1 unspecified atom stereocenters. The van der Waals surface area contributed by atoms with Gasteiger partial charge >= 0.3 is 0 Å². The molecule has 0 bridgehead atoms. The third kappa shape index (κ3) is 2.64. The van der Waals surface area contributed by atoms with Crippen molar-refractivity contribution < 1.29 is 9.84 Å². The van der Waals surface area contributed by atoms with Gasteiger partial charge in [-0.15, -0.1) is 0 Å². The van der Waals surface area contributed by atoms with Crippen LogP contribution in [0.25, 0.3) is 28.2 Å². The van der Waals surface area contributed by atoms with Gasteiger partial charge in [-0.3, -0.25) is 0 Å². The van der Waals surface area contributed by atoms with E-state index in [1.165, 1.54) is 5.39 Å². The number of aryl methyl sites for hydroxylation is 1. The fraction of sp³-hybridized carbons (Fsp3) is 0.200. The fourth-order valence-electron chi connectivity index (χ4n) is 2.97. The molecule has 3 nitrogen and oxygen atoms in total. The molecule has 118 valence electrons. The number of aliphatic hydroxyl groups is 1. The second-order valence-electron chi connectivity index (χ2n) is 5.65. The number of nitrogens with zero attached hydrogens (tertiary/aromatic N) is 1. The molecule has 1 aromatic heterocycles. The summed E-state index contributed by atoms with van der Waals surface area (Å²) in [6, 6.07) is 16.2. The van der Waals surface area contributed by atoms with E-state index in [4.69, 9.17) is 4.74 Å². The zero-order valence-corrected chi connectivity index (χ0v) is 13.5. The molecule has 0 radical (unpaired) electrons. The first-order chi connectivity index (χ1) is 11.2. The number of fused-ring (bicyclic) bond motifs is 1. The van der Waals surface area contributed by atoms with Gasteiger partial charge in [-0.1, -0.05) is 43.0 Å². The molecule has 23 heavy (non-hydrogen) atoms. The van der Waals surface area contributed by atoms with Gasteiger partial charge in [0.25, 0.3) is 0 Å². The predicted molar refractivity (Wildman–Crippen MR) is 95.6 cm³/mol. The molecule has 0 saturated heterocycles. The van der Waals surface area contributed by atoms with E-state index in [0.717, 1.165) is 28.1 Å². The molecular formula is C20H21NO2. The molecule has 1 heterocycles. The summed E-state index contributed by atoms with van der Waals surface area (Å²) in [5.41, 5.74) is 4.32. The highest BCUT2D eigenvalue weighted by Crippen LogP contribution is 2.38. The van der Waals surface area contributed by atoms with Crippen LogP contribution >= 0.6 is 0 Å². The SMILES string of the molecule is C=Cc1c(-c2ccccc2OC(C)CO)n(C)c2ccccc12. The van der Waals surface area contributed by atoms with Crippen LogP contribution in [0.1, 0.15) is 12.5 Å². The topological polar surface area (TPSA) is 34.4 Å². The van der Waals surface area contributed by atoms with E-state index in [2.05, 4.69) is 30.3 Å². The van der Waals surface area contributed by atoms with E-state index in [-0.39, 0.29) is 12.7 Å². The lowest BCUT2D eigenvalue weighted by molar-refractivity contribution is 0.130. The van der Waals surface area contributed by atoms with Crippen LogP contribution in [-0.4, -0.2) is 22.4 Å². The maximum atomic E-state index is 9.28. The summed E-state index contributed by atoms with van der Waals surface area (Å²) in [4.78, 5) is 0. The zero-order chi connectivity index (χ0) is 16.4. The Balaban J connectivity index is 2.25. The Hall–Kier alpha value is -2.52. The lowest BCUT2D eigenvalue weighted by Gasteiger charge is -2.17. The third-order valence-electron chi connectivity index (χ3n) is 4.08. The summed E-state index contributed by atoms with van der Waals surface area (Å²) in [5, 5.41) is 10.5. The summed E-state index contributed by atoms with van der Waals surface area (Å²) < 4.78 is 8.07. The van der Waals surface area contributed by atoms with Gasteiger partial charge in [0.2, 0.25) is 0 Å². The minimum absolute atomic E-state index is 0.0161. The molecule has 0 amide bonds. The van der Waals surface area contributed by atoms with Crippen molar-refractivity contribution in [2.75, 3.05) is 6.61 Å². The molecule has 0 aliphatic heterocycles. The molecule has 0 spiro atoms. The highest BCUT2D eigenvalue weighted by Gasteiger charge is 2.18. The van der Waals surface area contributed by atoms with Gasteiger partial charge in [-0.05, 0) is 25.1 Å². The Morgan fingerprint density at radius 1 is 1.17 bits per heavy atom. The molecule has 2 aromatic carbocycles. The minimum Gasteiger partial charge on any atom is -0.488 e. The van der Waals surface area contributed by atoms with Crippen LogP contribution in [0, 0.1) is 0 Å². The molecule has 3 heteroatoms. The number of aliphatic hydroxyl groups excluding tert-OH is 1. The maximum absolute atomic E-state index is 9.28. The van der Waals surface area contributed by atoms with Crippen molar-refractivity contribution in [3.63, 3.8) is 0 Å². The molecule has 0 aliphatic carbocycles. The van der Waals surface area contributed by atoms with Gasteiger partial charge in [0.15, 0.2) is 0 Å². The van der Waals surface area contributed by atoms with E-state index in [1.807, 2.05) is 49.4 Å². The standard InChI is InChI=1S/C20H21NO2/c1-4-15-16-9-5-7-11-18(16)21(3)20(15)17-10-6-8-12-19(17)23-14(2)13-22/h4-12,14,22H,1,13H2,2-3H3. The van der Waals surface area contributed by atoms with Gasteiger partial charge in [0, 0.05) is 29.1 Å². The number of rotatable bonds is 5. The number of hydrogen-bond donors (Lipinski definition) is 1. The van der Waals surface area contributed by atoms with Crippen molar-refractivity contribution in [2.45, 2.75) is 13.0 Å². The Bertz CT molecular complexity index is 848. The summed E-state index contributed by atoms with van der Waals surface area (Å²) in [7, 11) is 2.05. The van der Waals surface area contributed by atoms with Crippen LogP contribution in [0.3, 0.4) is 0 Å². The Morgan fingerprint density at radius 2 is 1.87 bits per heavy atom. The van der Waals surface area contributed by atoms with Crippen molar-refractivity contribution in [3.8, 4) is 17.0 Å². The normalized spacial score (nSPS) is 12.3. The highest BCUT2D eigenvalue weighted by molar-refractivity contribution is 5.98. The van der Waals surface area contributed by atoms with Crippen molar-refractivity contribution in [2.24, 2.45) is 7.05 Å². The second kappa shape index (κ2) is 6.31. The van der Waals surface area contributed by atoms with Gasteiger partial charge in [0.1, 0.15) is 11.9 Å². The zero-order valence-electron chi connectivity index (χ0n) is 13.5. The van der Waals surface area contributed by atoms with Crippen molar-refractivity contribution in [1.29, 1.82) is 0 Å². The van der Waals surface area contributed by atoms with E-state index in [1.54, 1.807) is 0 Å². The lowest BCUT2D eigenvalue weighted by Crippen LogP contribution is -2.16. The largest absolute Gasteiger partial charge is 0.488 e. The average Bonchev–Trinajstić information content (AvgIpc) is 2.87. The number of aromatic nitrogens is 1. The van der Waals surface area contributed by atoms with Gasteiger partial charge in [0.05, 0.1) is 12.3 Å². The Kier molecular flexibility index (Phi) is 4.22. The molecule has 0 aliphatic rings. The summed E-state index contributed by atoms with van der Waals surface area (Å²) >= 11 is 0. The van der Waals surface area contributed by atoms with E-state index < -0.39 is 0 Å². The summed E-state index contributed by atoms with van der Waals surface area (Å²) in [5.74, 6) is 0.767. The van der Waals surface area contributed by atoms with E-state index in [0.29, 0.717) is 0 Å². The lowest BCUT2D eigenvalue weighted by atomic mass is 10.0. The molecule has 3 rings (SSSR count). The molecule has 1 N–H and O–H groups in total. The molecular weight excluding hydrogens is 286 g/mol. The van der Waals surface area contributed by atoms with Crippen molar-refractivity contribution in [1.82, 2.24) is 4.57 Å². The maximum Gasteiger partial charge on any atom is 0.129 e. The number of para-hydroxylation sites is 2. The first kappa shape index (κ1) is 15.4. The van der Waals surface area contributed by atoms with Crippen LogP contribution in [-0.2, 0) is 7.05 Å². The van der Waals surface area contributed by atoms with Gasteiger partial charge < -0.3 is 14.4 Å². The number of ether oxygens (including phenoxy) is 1. The molecule has 3 aromatic rings. The highest BCUT2D eigenvalue weighted by atomic mass is 16.5. The predicted octanol–water partition coefficient (Wildman–Crippen LogP) is 4.25. The molecule has 0 fully saturated rings. The molecule has 0 saturated carbocycles. The monoisotopic (exact) mass is 307 g/mol. The third-order valence-corrected chi connectivity index (χ3v) is 4.08. The smallest absolute Gasteiger partial charge is 0.129 e. The first-order valence-corrected chi connectivity index (χ1v) is 7.74.